The van der Waals surface area contributed by atoms with Crippen molar-refractivity contribution in [3.63, 3.8) is 0 Å². The fourth-order valence-electron chi connectivity index (χ4n) is 3.95. The standard InChI is InChI=1S/C30H31F3O3/c1-3-4-5-7-21-9-11-22(12-10-21)23-13-14-25(27(31)16-23)24-17-28(32)26(29(33)18-24)8-6-15-36-30(35)20(2)19-34/h9-14,16-18,34H,2-8,15,19H2,1H3. The van der Waals surface area contributed by atoms with Gasteiger partial charge in [0, 0.05) is 11.1 Å². The molecule has 0 aliphatic rings. The summed E-state index contributed by atoms with van der Waals surface area (Å²) in [5, 5.41) is 8.84. The minimum Gasteiger partial charge on any atom is -0.462 e. The summed E-state index contributed by atoms with van der Waals surface area (Å²) in [6.07, 6.45) is 4.68. The molecule has 3 nitrogen and oxygen atoms in total. The molecule has 0 radical (unpaired) electrons. The molecule has 0 spiro atoms. The van der Waals surface area contributed by atoms with Crippen molar-refractivity contribution in [2.45, 2.75) is 45.4 Å². The second-order valence-corrected chi connectivity index (χ2v) is 8.77. The second kappa shape index (κ2) is 13.1. The molecule has 190 valence electrons. The van der Waals surface area contributed by atoms with Gasteiger partial charge in [0.05, 0.1) is 18.8 Å². The number of carbonyl (C=O) groups excluding carboxylic acids is 1. The fraction of sp³-hybridized carbons (Fsp3) is 0.300. The van der Waals surface area contributed by atoms with Gasteiger partial charge in [-0.05, 0) is 66.1 Å². The predicted octanol–water partition coefficient (Wildman–Crippen LogP) is 7.19. The van der Waals surface area contributed by atoms with Crippen molar-refractivity contribution in [2.24, 2.45) is 0 Å². The first-order valence-electron chi connectivity index (χ1n) is 12.2. The van der Waals surface area contributed by atoms with Crippen LogP contribution in [0.3, 0.4) is 0 Å². The van der Waals surface area contributed by atoms with Crippen LogP contribution in [0.25, 0.3) is 22.3 Å². The summed E-state index contributed by atoms with van der Waals surface area (Å²) in [5.41, 5.74) is 2.76. The van der Waals surface area contributed by atoms with Crippen LogP contribution in [0.5, 0.6) is 0 Å². The van der Waals surface area contributed by atoms with Gasteiger partial charge in [0.15, 0.2) is 0 Å². The van der Waals surface area contributed by atoms with E-state index in [1.807, 2.05) is 24.3 Å². The third-order valence-corrected chi connectivity index (χ3v) is 6.06. The van der Waals surface area contributed by atoms with E-state index in [1.165, 1.54) is 30.5 Å². The SMILES string of the molecule is C=C(CO)C(=O)OCCCc1c(F)cc(-c2ccc(-c3ccc(CCCCC)cc3)cc2F)cc1F. The van der Waals surface area contributed by atoms with Gasteiger partial charge in [0.1, 0.15) is 17.5 Å². The second-order valence-electron chi connectivity index (χ2n) is 8.77. The molecule has 0 unspecified atom stereocenters. The lowest BCUT2D eigenvalue weighted by Crippen LogP contribution is -2.11. The Kier molecular flexibility index (Phi) is 9.88. The van der Waals surface area contributed by atoms with Crippen LogP contribution in [-0.4, -0.2) is 24.3 Å². The highest BCUT2D eigenvalue weighted by molar-refractivity contribution is 5.87. The van der Waals surface area contributed by atoms with Crippen LogP contribution >= 0.6 is 0 Å². The van der Waals surface area contributed by atoms with Crippen LogP contribution < -0.4 is 0 Å². The van der Waals surface area contributed by atoms with Crippen LogP contribution in [0.1, 0.15) is 43.7 Å². The minimum atomic E-state index is -0.793. The number of aliphatic hydroxyl groups excluding tert-OH is 1. The third-order valence-electron chi connectivity index (χ3n) is 6.06. The van der Waals surface area contributed by atoms with Gasteiger partial charge in [-0.25, -0.2) is 18.0 Å². The number of rotatable bonds is 12. The number of ether oxygens (including phenoxy) is 1. The largest absolute Gasteiger partial charge is 0.462 e. The maximum atomic E-state index is 15.0. The van der Waals surface area contributed by atoms with Gasteiger partial charge in [0.2, 0.25) is 0 Å². The van der Waals surface area contributed by atoms with E-state index in [9.17, 15) is 18.0 Å². The van der Waals surface area contributed by atoms with Crippen molar-refractivity contribution in [3.8, 4) is 22.3 Å². The number of carbonyl (C=O) groups is 1. The quantitative estimate of drug-likeness (QED) is 0.164. The van der Waals surface area contributed by atoms with E-state index < -0.39 is 30.0 Å². The van der Waals surface area contributed by atoms with Gasteiger partial charge < -0.3 is 9.84 Å². The number of aryl methyl sites for hydroxylation is 1. The molecule has 0 aromatic heterocycles. The number of aliphatic hydroxyl groups is 1. The fourth-order valence-corrected chi connectivity index (χ4v) is 3.95. The average molecular weight is 497 g/mol. The number of benzene rings is 3. The molecule has 0 atom stereocenters. The molecule has 0 heterocycles. The molecule has 36 heavy (non-hydrogen) atoms. The van der Waals surface area contributed by atoms with E-state index in [4.69, 9.17) is 9.84 Å². The van der Waals surface area contributed by atoms with Crippen molar-refractivity contribution in [2.75, 3.05) is 13.2 Å². The lowest BCUT2D eigenvalue weighted by molar-refractivity contribution is -0.139. The van der Waals surface area contributed by atoms with Crippen molar-refractivity contribution in [1.82, 2.24) is 0 Å². The van der Waals surface area contributed by atoms with Gasteiger partial charge in [-0.15, -0.1) is 0 Å². The van der Waals surface area contributed by atoms with E-state index in [0.29, 0.717) is 5.56 Å². The summed E-state index contributed by atoms with van der Waals surface area (Å²) in [6, 6.07) is 14.9. The number of hydrogen-bond acceptors (Lipinski definition) is 3. The van der Waals surface area contributed by atoms with Gasteiger partial charge in [0.25, 0.3) is 0 Å². The average Bonchev–Trinajstić information content (AvgIpc) is 2.87. The molecular weight excluding hydrogens is 465 g/mol. The first-order valence-corrected chi connectivity index (χ1v) is 12.2. The molecule has 0 saturated carbocycles. The molecule has 0 aliphatic carbocycles. The molecule has 0 fully saturated rings. The molecule has 0 saturated heterocycles. The van der Waals surface area contributed by atoms with Gasteiger partial charge in [-0.3, -0.25) is 0 Å². The Hall–Kier alpha value is -3.38. The predicted molar refractivity (Wildman–Crippen MR) is 136 cm³/mol. The smallest absolute Gasteiger partial charge is 0.335 e. The molecule has 3 aromatic rings. The van der Waals surface area contributed by atoms with Crippen molar-refractivity contribution in [1.29, 1.82) is 0 Å². The van der Waals surface area contributed by atoms with Crippen LogP contribution in [0.4, 0.5) is 13.2 Å². The first-order chi connectivity index (χ1) is 17.3. The van der Waals surface area contributed by atoms with Crippen LogP contribution in [0.15, 0.2) is 66.7 Å². The highest BCUT2D eigenvalue weighted by Crippen LogP contribution is 2.31. The Morgan fingerprint density at radius 2 is 1.47 bits per heavy atom. The number of esters is 1. The Morgan fingerprint density at radius 3 is 2.08 bits per heavy atom. The number of hydrogen-bond donors (Lipinski definition) is 1. The summed E-state index contributed by atoms with van der Waals surface area (Å²) < 4.78 is 49.2. The van der Waals surface area contributed by atoms with Gasteiger partial charge >= 0.3 is 5.97 Å². The summed E-state index contributed by atoms with van der Waals surface area (Å²) in [7, 11) is 0. The molecule has 0 bridgehead atoms. The van der Waals surface area contributed by atoms with Gasteiger partial charge in [-0.2, -0.15) is 0 Å². The Morgan fingerprint density at radius 1 is 0.833 bits per heavy atom. The maximum Gasteiger partial charge on any atom is 0.335 e. The van der Waals surface area contributed by atoms with E-state index in [2.05, 4.69) is 13.5 Å². The van der Waals surface area contributed by atoms with Crippen molar-refractivity contribution >= 4 is 5.97 Å². The Labute approximate surface area is 210 Å². The zero-order valence-corrected chi connectivity index (χ0v) is 20.5. The summed E-state index contributed by atoms with van der Waals surface area (Å²) in [6.45, 7) is 4.92. The van der Waals surface area contributed by atoms with Crippen LogP contribution in [0, 0.1) is 17.5 Å². The van der Waals surface area contributed by atoms with E-state index in [-0.39, 0.29) is 41.7 Å². The highest BCUT2D eigenvalue weighted by Gasteiger charge is 2.15. The van der Waals surface area contributed by atoms with Crippen LogP contribution in [-0.2, 0) is 22.4 Å². The molecule has 3 rings (SSSR count). The number of halogens is 3. The van der Waals surface area contributed by atoms with Gasteiger partial charge in [-0.1, -0.05) is 62.7 Å². The van der Waals surface area contributed by atoms with Crippen molar-refractivity contribution in [3.05, 3.63) is 95.3 Å². The summed E-state index contributed by atoms with van der Waals surface area (Å²) >= 11 is 0. The zero-order valence-electron chi connectivity index (χ0n) is 20.5. The summed E-state index contributed by atoms with van der Waals surface area (Å²) in [4.78, 5) is 11.5. The molecule has 0 amide bonds. The minimum absolute atomic E-state index is 0.00725. The zero-order chi connectivity index (χ0) is 26.1. The monoisotopic (exact) mass is 496 g/mol. The third kappa shape index (κ3) is 7.08. The van der Waals surface area contributed by atoms with E-state index in [0.717, 1.165) is 30.5 Å². The first kappa shape index (κ1) is 27.2. The molecule has 3 aromatic carbocycles. The molecule has 6 heteroatoms. The van der Waals surface area contributed by atoms with Crippen molar-refractivity contribution < 1.29 is 27.8 Å². The maximum absolute atomic E-state index is 15.0. The summed E-state index contributed by atoms with van der Waals surface area (Å²) in [5.74, 6) is -2.91. The van der Waals surface area contributed by atoms with E-state index >= 15 is 0 Å². The highest BCUT2D eigenvalue weighted by atomic mass is 19.1. The van der Waals surface area contributed by atoms with Crippen LogP contribution in [0.2, 0.25) is 0 Å². The Balaban J connectivity index is 1.69. The normalized spacial score (nSPS) is 10.9. The number of unbranched alkanes of at least 4 members (excludes halogenated alkanes) is 2. The lowest BCUT2D eigenvalue weighted by Gasteiger charge is -2.11. The topological polar surface area (TPSA) is 46.5 Å². The molecular formula is C30H31F3O3. The molecule has 0 aliphatic heterocycles. The lowest BCUT2D eigenvalue weighted by atomic mass is 9.96. The Bertz CT molecular complexity index is 1180. The molecule has 1 N–H and O–H groups in total. The van der Waals surface area contributed by atoms with E-state index in [1.54, 1.807) is 6.07 Å².